The number of rotatable bonds is 5. The summed E-state index contributed by atoms with van der Waals surface area (Å²) >= 11 is 7.59. The van der Waals surface area contributed by atoms with Crippen molar-refractivity contribution in [2.45, 2.75) is 18.4 Å². The summed E-state index contributed by atoms with van der Waals surface area (Å²) in [6.07, 6.45) is 0. The highest BCUT2D eigenvalue weighted by atomic mass is 35.5. The highest BCUT2D eigenvalue weighted by Gasteiger charge is 2.13. The van der Waals surface area contributed by atoms with Gasteiger partial charge in [0.2, 0.25) is 0 Å². The largest absolute Gasteiger partial charge is 0.456 e. The lowest BCUT2D eigenvalue weighted by Gasteiger charge is -2.01. The molecular formula is C14H15ClN2O2S. The predicted octanol–water partition coefficient (Wildman–Crippen LogP) is 3.28. The number of aryl methyl sites for hydroxylation is 1. The molecule has 1 heterocycles. The van der Waals surface area contributed by atoms with Gasteiger partial charge in [0.15, 0.2) is 5.76 Å². The number of carbonyl (C=O) groups is 1. The molecule has 1 aromatic carbocycles. The lowest BCUT2D eigenvalue weighted by molar-refractivity contribution is 0.0924. The summed E-state index contributed by atoms with van der Waals surface area (Å²) in [5.41, 5.74) is 4.27. The molecule has 0 atom stereocenters. The third kappa shape index (κ3) is 3.79. The number of amides is 1. The number of thioether (sulfide) groups is 1. The van der Waals surface area contributed by atoms with Gasteiger partial charge in [-0.3, -0.25) is 10.2 Å². The number of benzene rings is 1. The summed E-state index contributed by atoms with van der Waals surface area (Å²) in [4.78, 5) is 11.4. The average Bonchev–Trinajstić information content (AvgIpc) is 2.82. The Kier molecular flexibility index (Phi) is 5.11. The van der Waals surface area contributed by atoms with Crippen molar-refractivity contribution in [3.8, 4) is 0 Å². The van der Waals surface area contributed by atoms with Crippen molar-refractivity contribution in [1.29, 1.82) is 0 Å². The Morgan fingerprint density at radius 3 is 2.70 bits per heavy atom. The van der Waals surface area contributed by atoms with E-state index in [1.807, 2.05) is 31.2 Å². The van der Waals surface area contributed by atoms with Gasteiger partial charge >= 0.3 is 5.91 Å². The fourth-order valence-electron chi connectivity index (χ4n) is 1.71. The van der Waals surface area contributed by atoms with E-state index < -0.39 is 5.91 Å². The van der Waals surface area contributed by atoms with Gasteiger partial charge < -0.3 is 4.42 Å². The Balaban J connectivity index is 1.92. The third-order valence-corrected chi connectivity index (χ3v) is 4.12. The van der Waals surface area contributed by atoms with Gasteiger partial charge in [0.05, 0.1) is 0 Å². The number of nitrogen functional groups attached to an aromatic ring is 1. The number of furan rings is 1. The lowest BCUT2D eigenvalue weighted by atomic mass is 10.2. The highest BCUT2D eigenvalue weighted by Crippen LogP contribution is 2.23. The maximum absolute atomic E-state index is 11.4. The molecule has 2 rings (SSSR count). The van der Waals surface area contributed by atoms with E-state index in [-0.39, 0.29) is 5.76 Å². The van der Waals surface area contributed by atoms with Crippen molar-refractivity contribution in [3.63, 3.8) is 0 Å². The molecule has 20 heavy (non-hydrogen) atoms. The molecule has 0 aliphatic carbocycles. The fourth-order valence-corrected chi connectivity index (χ4v) is 2.87. The smallest absolute Gasteiger partial charge is 0.300 e. The summed E-state index contributed by atoms with van der Waals surface area (Å²) < 4.78 is 5.36. The molecule has 0 unspecified atom stereocenters. The van der Waals surface area contributed by atoms with Gasteiger partial charge in [-0.15, -0.1) is 0 Å². The van der Waals surface area contributed by atoms with E-state index in [9.17, 15) is 4.79 Å². The highest BCUT2D eigenvalue weighted by molar-refractivity contribution is 7.97. The maximum atomic E-state index is 11.4. The van der Waals surface area contributed by atoms with E-state index >= 15 is 0 Å². The third-order valence-electron chi connectivity index (χ3n) is 2.82. The number of halogens is 1. The van der Waals surface area contributed by atoms with E-state index in [4.69, 9.17) is 21.9 Å². The molecule has 0 radical (unpaired) electrons. The van der Waals surface area contributed by atoms with E-state index in [2.05, 4.69) is 5.43 Å². The molecule has 2 aromatic rings. The maximum Gasteiger partial charge on any atom is 0.300 e. The molecule has 4 nitrogen and oxygen atoms in total. The standard InChI is InChI=1S/C14H15ClN2O2S/c1-9-11(6-13(19-9)14(18)17-16)8-20-7-10-2-4-12(15)5-3-10/h2-6H,7-8,16H2,1H3,(H,17,18). The van der Waals surface area contributed by atoms with Gasteiger partial charge in [-0.1, -0.05) is 23.7 Å². The number of hydrogen-bond donors (Lipinski definition) is 2. The van der Waals surface area contributed by atoms with Crippen molar-refractivity contribution in [2.24, 2.45) is 5.84 Å². The van der Waals surface area contributed by atoms with Crippen LogP contribution in [0.15, 0.2) is 34.7 Å². The van der Waals surface area contributed by atoms with Crippen LogP contribution in [0.4, 0.5) is 0 Å². The summed E-state index contributed by atoms with van der Waals surface area (Å²) in [7, 11) is 0. The van der Waals surface area contributed by atoms with Gasteiger partial charge in [-0.05, 0) is 30.7 Å². The van der Waals surface area contributed by atoms with Crippen molar-refractivity contribution < 1.29 is 9.21 Å². The number of hydrogen-bond acceptors (Lipinski definition) is 4. The van der Waals surface area contributed by atoms with Crippen molar-refractivity contribution in [2.75, 3.05) is 0 Å². The van der Waals surface area contributed by atoms with Gasteiger partial charge in [0.1, 0.15) is 5.76 Å². The van der Waals surface area contributed by atoms with E-state index in [1.54, 1.807) is 17.8 Å². The minimum Gasteiger partial charge on any atom is -0.456 e. The van der Waals surface area contributed by atoms with Gasteiger partial charge in [-0.25, -0.2) is 5.84 Å². The first-order valence-electron chi connectivity index (χ1n) is 6.02. The molecule has 1 amide bonds. The number of hydrazine groups is 1. The first kappa shape index (κ1) is 15.0. The Hall–Kier alpha value is -1.43. The van der Waals surface area contributed by atoms with Crippen LogP contribution in [-0.2, 0) is 11.5 Å². The molecular weight excluding hydrogens is 296 g/mol. The first-order valence-corrected chi connectivity index (χ1v) is 7.56. The zero-order valence-electron chi connectivity index (χ0n) is 11.0. The first-order chi connectivity index (χ1) is 9.60. The second-order valence-corrected chi connectivity index (χ2v) is 5.71. The minimum atomic E-state index is -0.415. The quantitative estimate of drug-likeness (QED) is 0.505. The molecule has 0 fully saturated rings. The van der Waals surface area contributed by atoms with Crippen molar-refractivity contribution >= 4 is 29.3 Å². The monoisotopic (exact) mass is 310 g/mol. The van der Waals surface area contributed by atoms with Crippen LogP contribution in [0.2, 0.25) is 5.02 Å². The van der Waals surface area contributed by atoms with Gasteiger partial charge in [0.25, 0.3) is 0 Å². The van der Waals surface area contributed by atoms with Gasteiger partial charge in [-0.2, -0.15) is 11.8 Å². The summed E-state index contributed by atoms with van der Waals surface area (Å²) in [5.74, 6) is 7.30. The molecule has 6 heteroatoms. The van der Waals surface area contributed by atoms with E-state index in [0.717, 1.165) is 27.9 Å². The molecule has 0 aliphatic rings. The molecule has 0 spiro atoms. The zero-order valence-corrected chi connectivity index (χ0v) is 12.6. The molecule has 1 aromatic heterocycles. The molecule has 0 saturated carbocycles. The topological polar surface area (TPSA) is 68.3 Å². The fraction of sp³-hybridized carbons (Fsp3) is 0.214. The van der Waals surface area contributed by atoms with Crippen molar-refractivity contribution in [3.05, 3.63) is 58.0 Å². The van der Waals surface area contributed by atoms with Crippen LogP contribution in [0.5, 0.6) is 0 Å². The molecule has 0 aliphatic heterocycles. The van der Waals surface area contributed by atoms with Crippen LogP contribution in [-0.4, -0.2) is 5.91 Å². The van der Waals surface area contributed by atoms with E-state index in [0.29, 0.717) is 0 Å². The number of carbonyl (C=O) groups excluding carboxylic acids is 1. The minimum absolute atomic E-state index is 0.243. The summed E-state index contributed by atoms with van der Waals surface area (Å²) in [6, 6.07) is 9.50. The zero-order chi connectivity index (χ0) is 14.5. The van der Waals surface area contributed by atoms with Gasteiger partial charge in [0, 0.05) is 22.1 Å². The Morgan fingerprint density at radius 1 is 1.35 bits per heavy atom. The SMILES string of the molecule is Cc1oc(C(=O)NN)cc1CSCc1ccc(Cl)cc1. The molecule has 106 valence electrons. The summed E-state index contributed by atoms with van der Waals surface area (Å²) in [6.45, 7) is 1.84. The second-order valence-electron chi connectivity index (χ2n) is 4.28. The number of nitrogens with one attached hydrogen (secondary N) is 1. The Morgan fingerprint density at radius 2 is 2.05 bits per heavy atom. The van der Waals surface area contributed by atoms with Crippen LogP contribution in [0.1, 0.15) is 27.4 Å². The second kappa shape index (κ2) is 6.83. The van der Waals surface area contributed by atoms with Crippen LogP contribution < -0.4 is 11.3 Å². The van der Waals surface area contributed by atoms with Crippen LogP contribution >= 0.6 is 23.4 Å². The van der Waals surface area contributed by atoms with Crippen LogP contribution in [0.3, 0.4) is 0 Å². The normalized spacial score (nSPS) is 10.6. The summed E-state index contributed by atoms with van der Waals surface area (Å²) in [5, 5.41) is 0.738. The lowest BCUT2D eigenvalue weighted by Crippen LogP contribution is -2.29. The van der Waals surface area contributed by atoms with Crippen LogP contribution in [0.25, 0.3) is 0 Å². The predicted molar refractivity (Wildman–Crippen MR) is 81.5 cm³/mol. The Bertz CT molecular complexity index is 596. The number of nitrogens with two attached hydrogens (primary N) is 1. The Labute approximate surface area is 126 Å². The molecule has 3 N–H and O–H groups in total. The van der Waals surface area contributed by atoms with Crippen LogP contribution in [0, 0.1) is 6.92 Å². The average molecular weight is 311 g/mol. The van der Waals surface area contributed by atoms with Crippen molar-refractivity contribution in [1.82, 2.24) is 5.43 Å². The molecule has 0 bridgehead atoms. The van der Waals surface area contributed by atoms with E-state index in [1.165, 1.54) is 5.56 Å². The molecule has 0 saturated heterocycles.